The third-order valence-corrected chi connectivity index (χ3v) is 11.2. The van der Waals surface area contributed by atoms with Gasteiger partial charge in [0.25, 0.3) is 0 Å². The molecule has 12 aromatic rings. The van der Waals surface area contributed by atoms with Crippen LogP contribution in [0.25, 0.3) is 116 Å². The first-order valence-corrected chi connectivity index (χ1v) is 18.9. The molecule has 3 aromatic heterocycles. The molecule has 3 heterocycles. The first-order chi connectivity index (χ1) is 27.7. The average Bonchev–Trinajstić information content (AvgIpc) is 3.82. The Labute approximate surface area is 320 Å². The minimum absolute atomic E-state index is 0.591. The molecule has 260 valence electrons. The Balaban J connectivity index is 1.12. The molecule has 56 heavy (non-hydrogen) atoms. The summed E-state index contributed by atoms with van der Waals surface area (Å²) < 4.78 is 9.28. The van der Waals surface area contributed by atoms with Crippen molar-refractivity contribution >= 4 is 76.1 Å². The van der Waals surface area contributed by atoms with Crippen molar-refractivity contribution in [3.8, 4) is 39.9 Å². The van der Waals surface area contributed by atoms with Crippen molar-refractivity contribution in [2.24, 2.45) is 0 Å². The number of fused-ring (bicyclic) bond motifs is 10. The lowest BCUT2D eigenvalue weighted by atomic mass is 10.0. The molecular formula is C51H30N4O. The zero-order valence-electron chi connectivity index (χ0n) is 30.0. The summed E-state index contributed by atoms with van der Waals surface area (Å²) in [6, 6.07) is 63.8. The van der Waals surface area contributed by atoms with Gasteiger partial charge in [-0.25, -0.2) is 15.0 Å². The highest BCUT2D eigenvalue weighted by Gasteiger charge is 2.22. The normalized spacial score (nSPS) is 11.9. The standard InChI is InChI=1S/C51H30N4O/c1-3-14-34-29-36(25-23-31(34)11-1)49-52-50(37-26-24-32-12-2-4-15-35(32)30-37)54-51(53-49)42-19-10-22-45-46(42)41-18-9-21-44(48(41)56-45)55-43-20-8-7-17-39(43)40-28-27-33-13-5-6-16-38(33)47(40)55/h1-30H. The summed E-state index contributed by atoms with van der Waals surface area (Å²) in [6.45, 7) is 0. The molecule has 0 aliphatic carbocycles. The van der Waals surface area contributed by atoms with Crippen molar-refractivity contribution in [3.05, 3.63) is 182 Å². The number of aromatic nitrogens is 4. The number of nitrogens with zero attached hydrogens (tertiary/aromatic N) is 4. The molecule has 0 bridgehead atoms. The Kier molecular flexibility index (Phi) is 6.56. The number of hydrogen-bond donors (Lipinski definition) is 0. The van der Waals surface area contributed by atoms with E-state index < -0.39 is 0 Å². The van der Waals surface area contributed by atoms with Crippen LogP contribution in [-0.2, 0) is 0 Å². The van der Waals surface area contributed by atoms with E-state index in [1.807, 2.05) is 12.1 Å². The van der Waals surface area contributed by atoms with Gasteiger partial charge in [0.15, 0.2) is 23.1 Å². The van der Waals surface area contributed by atoms with Crippen molar-refractivity contribution < 1.29 is 4.42 Å². The summed E-state index contributed by atoms with van der Waals surface area (Å²) in [6.07, 6.45) is 0. The van der Waals surface area contributed by atoms with Gasteiger partial charge in [0.2, 0.25) is 0 Å². The Morgan fingerprint density at radius 3 is 1.70 bits per heavy atom. The number of hydrogen-bond acceptors (Lipinski definition) is 4. The molecule has 0 aliphatic rings. The van der Waals surface area contributed by atoms with Crippen LogP contribution in [0.5, 0.6) is 0 Å². The van der Waals surface area contributed by atoms with Crippen LogP contribution in [0.15, 0.2) is 186 Å². The predicted octanol–water partition coefficient (Wildman–Crippen LogP) is 13.3. The van der Waals surface area contributed by atoms with Crippen LogP contribution in [0.1, 0.15) is 0 Å². The summed E-state index contributed by atoms with van der Waals surface area (Å²) in [5, 5.41) is 11.4. The lowest BCUT2D eigenvalue weighted by Gasteiger charge is -2.11. The molecule has 0 N–H and O–H groups in total. The Hall–Kier alpha value is -7.63. The molecule has 9 aromatic carbocycles. The highest BCUT2D eigenvalue weighted by atomic mass is 16.3. The van der Waals surface area contributed by atoms with Gasteiger partial charge in [0.05, 0.1) is 16.7 Å². The van der Waals surface area contributed by atoms with E-state index in [1.54, 1.807) is 0 Å². The SMILES string of the molecule is c1ccc2cc(-c3nc(-c4ccc5ccccc5c4)nc(-c4cccc5oc6c(-n7c8ccccc8c8ccc9ccccc9c87)cccc6c45)n3)ccc2c1. The van der Waals surface area contributed by atoms with Crippen molar-refractivity contribution in [1.29, 1.82) is 0 Å². The molecule has 0 unspecified atom stereocenters. The van der Waals surface area contributed by atoms with E-state index in [1.165, 1.54) is 32.3 Å². The van der Waals surface area contributed by atoms with Crippen LogP contribution >= 0.6 is 0 Å². The molecular weight excluding hydrogens is 685 g/mol. The van der Waals surface area contributed by atoms with E-state index in [2.05, 4.69) is 174 Å². The quantitative estimate of drug-likeness (QED) is 0.182. The molecule has 0 saturated carbocycles. The van der Waals surface area contributed by atoms with Crippen LogP contribution in [-0.4, -0.2) is 19.5 Å². The highest BCUT2D eigenvalue weighted by Crippen LogP contribution is 2.42. The first kappa shape index (κ1) is 30.8. The molecule has 0 radical (unpaired) electrons. The molecule has 0 aliphatic heterocycles. The average molecular weight is 715 g/mol. The van der Waals surface area contributed by atoms with Crippen molar-refractivity contribution in [3.63, 3.8) is 0 Å². The maximum absolute atomic E-state index is 6.91. The van der Waals surface area contributed by atoms with E-state index in [9.17, 15) is 0 Å². The lowest BCUT2D eigenvalue weighted by molar-refractivity contribution is 0.666. The van der Waals surface area contributed by atoms with E-state index in [0.29, 0.717) is 17.5 Å². The van der Waals surface area contributed by atoms with E-state index in [4.69, 9.17) is 19.4 Å². The maximum atomic E-state index is 6.91. The van der Waals surface area contributed by atoms with Crippen molar-refractivity contribution in [2.45, 2.75) is 0 Å². The van der Waals surface area contributed by atoms with Gasteiger partial charge in [-0.2, -0.15) is 0 Å². The number of benzene rings is 9. The number of rotatable bonds is 4. The van der Waals surface area contributed by atoms with Gasteiger partial charge in [-0.15, -0.1) is 0 Å². The summed E-state index contributed by atoms with van der Waals surface area (Å²) in [4.78, 5) is 15.6. The summed E-state index contributed by atoms with van der Waals surface area (Å²) in [5.74, 6) is 1.83. The van der Waals surface area contributed by atoms with Crippen molar-refractivity contribution in [2.75, 3.05) is 0 Å². The fraction of sp³-hybridized carbons (Fsp3) is 0. The molecule has 12 rings (SSSR count). The molecule has 0 spiro atoms. The van der Waals surface area contributed by atoms with Crippen LogP contribution < -0.4 is 0 Å². The molecule has 5 heteroatoms. The number of para-hydroxylation sites is 2. The van der Waals surface area contributed by atoms with Crippen LogP contribution in [0.3, 0.4) is 0 Å². The summed E-state index contributed by atoms with van der Waals surface area (Å²) in [7, 11) is 0. The van der Waals surface area contributed by atoms with Crippen LogP contribution in [0.2, 0.25) is 0 Å². The van der Waals surface area contributed by atoms with E-state index in [-0.39, 0.29) is 0 Å². The zero-order chi connectivity index (χ0) is 36.7. The largest absolute Gasteiger partial charge is 0.454 e. The third-order valence-electron chi connectivity index (χ3n) is 11.2. The second kappa shape index (κ2) is 11.9. The molecule has 0 atom stereocenters. The van der Waals surface area contributed by atoms with Crippen LogP contribution in [0, 0.1) is 0 Å². The topological polar surface area (TPSA) is 56.7 Å². The van der Waals surface area contributed by atoms with Gasteiger partial charge in [-0.1, -0.05) is 152 Å². The Morgan fingerprint density at radius 1 is 0.393 bits per heavy atom. The first-order valence-electron chi connectivity index (χ1n) is 18.9. The minimum Gasteiger partial charge on any atom is -0.454 e. The Bertz CT molecular complexity index is 3460. The fourth-order valence-electron chi connectivity index (χ4n) is 8.59. The molecule has 0 amide bonds. The van der Waals surface area contributed by atoms with Gasteiger partial charge >= 0.3 is 0 Å². The predicted molar refractivity (Wildman–Crippen MR) is 230 cm³/mol. The smallest absolute Gasteiger partial charge is 0.164 e. The van der Waals surface area contributed by atoms with Gasteiger partial charge in [0.1, 0.15) is 5.58 Å². The minimum atomic E-state index is 0.591. The lowest BCUT2D eigenvalue weighted by Crippen LogP contribution is -2.00. The fourth-order valence-corrected chi connectivity index (χ4v) is 8.59. The molecule has 0 fully saturated rings. The highest BCUT2D eigenvalue weighted by molar-refractivity contribution is 6.20. The monoisotopic (exact) mass is 714 g/mol. The molecule has 5 nitrogen and oxygen atoms in total. The van der Waals surface area contributed by atoms with E-state index >= 15 is 0 Å². The molecule has 0 saturated heterocycles. The third kappa shape index (κ3) is 4.64. The summed E-state index contributed by atoms with van der Waals surface area (Å²) >= 11 is 0. The number of furan rings is 1. The van der Waals surface area contributed by atoms with Crippen molar-refractivity contribution in [1.82, 2.24) is 19.5 Å². The zero-order valence-corrected chi connectivity index (χ0v) is 30.0. The van der Waals surface area contributed by atoms with Gasteiger partial charge in [0, 0.05) is 43.6 Å². The van der Waals surface area contributed by atoms with Gasteiger partial charge < -0.3 is 8.98 Å². The van der Waals surface area contributed by atoms with Gasteiger partial charge in [-0.05, 0) is 57.3 Å². The summed E-state index contributed by atoms with van der Waals surface area (Å²) in [5.41, 5.74) is 7.60. The maximum Gasteiger partial charge on any atom is 0.164 e. The second-order valence-corrected chi connectivity index (χ2v) is 14.4. The van der Waals surface area contributed by atoms with Gasteiger partial charge in [-0.3, -0.25) is 0 Å². The van der Waals surface area contributed by atoms with E-state index in [0.717, 1.165) is 66.1 Å². The second-order valence-electron chi connectivity index (χ2n) is 14.4. The Morgan fingerprint density at radius 2 is 0.964 bits per heavy atom. The van der Waals surface area contributed by atoms with Crippen LogP contribution in [0.4, 0.5) is 0 Å².